The Labute approximate surface area is 293 Å². The van der Waals surface area contributed by atoms with Crippen LogP contribution in [0.25, 0.3) is 4.85 Å². The first-order chi connectivity index (χ1) is 24.0. The van der Waals surface area contributed by atoms with Gasteiger partial charge in [0.15, 0.2) is 0 Å². The van der Waals surface area contributed by atoms with Crippen molar-refractivity contribution in [3.8, 4) is 0 Å². The summed E-state index contributed by atoms with van der Waals surface area (Å²) in [5, 5.41) is 3.61. The van der Waals surface area contributed by atoms with Crippen molar-refractivity contribution in [2.45, 2.75) is 97.4 Å². The van der Waals surface area contributed by atoms with Crippen LogP contribution in [0.2, 0.25) is 0 Å². The summed E-state index contributed by atoms with van der Waals surface area (Å²) in [6.07, 6.45) is 6.94. The standard InChI is InChI=1S/C34H54N5O9P/c1-24(2)39(25(3)4)49(46-19-16-35-6)47-23-34(5)13-17-37(18-14-34)29(41)10-8-7-9-15-36-28(40)22-44-20-21-45-38-32(42)30-26-11-12-27(48-26)31(30)33(38)43/h11-12,24-27,30-31H,7-10,13-23H2,1-5H3,(H,36,40)/i5T. The van der Waals surface area contributed by atoms with Gasteiger partial charge in [0.05, 0.1) is 43.9 Å². The zero-order valence-electron chi connectivity index (χ0n) is 30.3. The van der Waals surface area contributed by atoms with Gasteiger partial charge in [-0.25, -0.2) is 11.2 Å². The van der Waals surface area contributed by atoms with Gasteiger partial charge in [0.1, 0.15) is 13.2 Å². The van der Waals surface area contributed by atoms with Gasteiger partial charge in [0.25, 0.3) is 20.3 Å². The summed E-state index contributed by atoms with van der Waals surface area (Å²) in [7, 11) is -1.37. The molecule has 5 unspecified atom stereocenters. The molecule has 0 aromatic rings. The number of hydrogen-bond acceptors (Lipinski definition) is 10. The second-order valence-corrected chi connectivity index (χ2v) is 15.1. The number of likely N-dealkylation sites (tertiary alicyclic amines) is 1. The predicted molar refractivity (Wildman–Crippen MR) is 181 cm³/mol. The molecule has 4 aliphatic heterocycles. The molecule has 4 amide bonds. The first-order valence-electron chi connectivity index (χ1n) is 18.2. The molecular weight excluding hydrogens is 653 g/mol. The molecule has 14 nitrogen and oxygen atoms in total. The summed E-state index contributed by atoms with van der Waals surface area (Å²) >= 11 is 0. The maximum Gasteiger partial charge on any atom is 0.260 e. The Balaban J connectivity index is 1.04. The average molecular weight is 710 g/mol. The van der Waals surface area contributed by atoms with Crippen molar-refractivity contribution >= 4 is 32.2 Å². The largest absolute Gasteiger partial charge is 0.369 e. The summed E-state index contributed by atoms with van der Waals surface area (Å²) in [6, 6.07) is 0.409. The van der Waals surface area contributed by atoms with Crippen molar-refractivity contribution in [3.63, 3.8) is 0 Å². The number of amides is 4. The van der Waals surface area contributed by atoms with Crippen LogP contribution in [0.15, 0.2) is 12.2 Å². The Morgan fingerprint density at radius 3 is 2.35 bits per heavy atom. The summed E-state index contributed by atoms with van der Waals surface area (Å²) < 4.78 is 33.8. The number of unbranched alkanes of at least 4 members (excludes halogenated alkanes) is 2. The Kier molecular flexibility index (Phi) is 14.4. The fourth-order valence-corrected chi connectivity index (χ4v) is 8.36. The van der Waals surface area contributed by atoms with Crippen molar-refractivity contribution < 1.29 is 43.9 Å². The smallest absolute Gasteiger partial charge is 0.260 e. The highest BCUT2D eigenvalue weighted by Gasteiger charge is 2.61. The van der Waals surface area contributed by atoms with E-state index in [1.54, 1.807) is 0 Å². The minimum Gasteiger partial charge on any atom is -0.369 e. The van der Waals surface area contributed by atoms with Crippen LogP contribution in [0.1, 0.15) is 74.5 Å². The first-order valence-corrected chi connectivity index (χ1v) is 18.6. The molecule has 0 radical (unpaired) electrons. The van der Waals surface area contributed by atoms with Crippen molar-refractivity contribution in [1.82, 2.24) is 20.0 Å². The van der Waals surface area contributed by atoms with E-state index < -0.39 is 32.2 Å². The van der Waals surface area contributed by atoms with Crippen LogP contribution in [0.3, 0.4) is 0 Å². The van der Waals surface area contributed by atoms with E-state index in [9.17, 15) is 19.2 Å². The van der Waals surface area contributed by atoms with Crippen LogP contribution in [0.4, 0.5) is 0 Å². The summed E-state index contributed by atoms with van der Waals surface area (Å²) in [6.45, 7) is 18.1. The van der Waals surface area contributed by atoms with E-state index in [-0.39, 0.29) is 74.8 Å². The number of ether oxygens (including phenoxy) is 2. The number of nitrogens with zero attached hydrogens (tertiary/aromatic N) is 4. The number of fused-ring (bicyclic) bond motifs is 5. The van der Waals surface area contributed by atoms with Crippen LogP contribution < -0.4 is 5.32 Å². The van der Waals surface area contributed by atoms with Gasteiger partial charge in [-0.05, 0) is 58.8 Å². The van der Waals surface area contributed by atoms with Gasteiger partial charge in [-0.15, -0.1) is 0 Å². The Morgan fingerprint density at radius 2 is 1.73 bits per heavy atom. The van der Waals surface area contributed by atoms with Crippen molar-refractivity contribution in [2.75, 3.05) is 59.2 Å². The molecule has 1 N–H and O–H groups in total. The lowest BCUT2D eigenvalue weighted by Gasteiger charge is -2.41. The van der Waals surface area contributed by atoms with Crippen LogP contribution >= 0.6 is 8.53 Å². The van der Waals surface area contributed by atoms with Crippen LogP contribution in [0.5, 0.6) is 0 Å². The molecule has 2 bridgehead atoms. The minimum absolute atomic E-state index is 0.0345. The molecule has 49 heavy (non-hydrogen) atoms. The third-order valence-corrected chi connectivity index (χ3v) is 11.3. The van der Waals surface area contributed by atoms with E-state index in [4.69, 9.17) is 31.3 Å². The molecular formula is C34H54N5O9P. The molecule has 0 aromatic heterocycles. The quantitative estimate of drug-likeness (QED) is 0.0620. The van der Waals surface area contributed by atoms with E-state index >= 15 is 0 Å². The molecule has 4 rings (SSSR count). The first kappa shape index (κ1) is 37.7. The van der Waals surface area contributed by atoms with Crippen LogP contribution in [-0.2, 0) is 42.5 Å². The number of nitrogens with one attached hydrogen (secondary N) is 1. The number of piperidine rings is 1. The highest BCUT2D eigenvalue weighted by molar-refractivity contribution is 7.44. The third-order valence-electron chi connectivity index (χ3n) is 9.25. The molecule has 0 saturated carbocycles. The highest BCUT2D eigenvalue weighted by atomic mass is 31.2. The topological polar surface area (TPSA) is 141 Å². The fourth-order valence-electron chi connectivity index (χ4n) is 6.65. The Bertz CT molecular complexity index is 1200. The van der Waals surface area contributed by atoms with Gasteiger partial charge >= 0.3 is 0 Å². The number of carbonyl (C=O) groups excluding carboxylic acids is 4. The molecule has 4 heterocycles. The van der Waals surface area contributed by atoms with E-state index in [1.165, 1.54) is 0 Å². The van der Waals surface area contributed by atoms with E-state index in [0.29, 0.717) is 52.1 Å². The van der Waals surface area contributed by atoms with Gasteiger partial charge in [-0.2, -0.15) is 5.06 Å². The SMILES string of the molecule is [3H]CC1(COP(OCC[N+]#[C-])N(C(C)C)C(C)C)CCN(C(=O)CCCCCNC(=O)COCCON2C(=O)C3C4C=CC(O4)C3C2=O)CC1. The Morgan fingerprint density at radius 1 is 1.06 bits per heavy atom. The maximum absolute atomic E-state index is 12.9. The number of hydrogen-bond donors (Lipinski definition) is 1. The molecule has 15 heteroatoms. The lowest BCUT2D eigenvalue weighted by Crippen LogP contribution is -2.44. The number of hydroxylamine groups is 2. The monoisotopic (exact) mass is 709 g/mol. The predicted octanol–water partition coefficient (Wildman–Crippen LogP) is 3.48. The van der Waals surface area contributed by atoms with E-state index in [0.717, 1.165) is 24.3 Å². The van der Waals surface area contributed by atoms with Crippen LogP contribution in [0, 0.1) is 23.8 Å². The molecule has 0 aliphatic carbocycles. The molecule has 274 valence electrons. The maximum atomic E-state index is 12.9. The lowest BCUT2D eigenvalue weighted by molar-refractivity contribution is -0.195. The van der Waals surface area contributed by atoms with Crippen molar-refractivity contribution in [3.05, 3.63) is 23.6 Å². The summed E-state index contributed by atoms with van der Waals surface area (Å²) in [5.74, 6) is -2.01. The number of rotatable bonds is 21. The zero-order chi connectivity index (χ0) is 36.3. The second kappa shape index (κ2) is 18.7. The summed E-state index contributed by atoms with van der Waals surface area (Å²) in [5.41, 5.74) is -0.340. The average Bonchev–Trinajstić information content (AvgIpc) is 3.78. The van der Waals surface area contributed by atoms with Crippen molar-refractivity contribution in [1.29, 1.82) is 0 Å². The molecule has 3 fully saturated rings. The van der Waals surface area contributed by atoms with Gasteiger partial charge in [0.2, 0.25) is 18.4 Å². The van der Waals surface area contributed by atoms with Gasteiger partial charge < -0.3 is 33.6 Å². The van der Waals surface area contributed by atoms with Gasteiger partial charge in [-0.1, -0.05) is 25.5 Å². The number of carbonyl (C=O) groups is 4. The molecule has 0 spiro atoms. The minimum atomic E-state index is -1.37. The molecule has 0 aromatic carbocycles. The van der Waals surface area contributed by atoms with E-state index in [2.05, 4.69) is 42.5 Å². The Hall–Kier alpha value is -2.50. The van der Waals surface area contributed by atoms with Gasteiger partial charge in [-0.3, -0.25) is 24.0 Å². The molecule has 5 atom stereocenters. The lowest BCUT2D eigenvalue weighted by atomic mass is 9.81. The normalized spacial score (nSPS) is 25.0. The fraction of sp³-hybridized carbons (Fsp3) is 0.794. The second-order valence-electron chi connectivity index (χ2n) is 13.7. The van der Waals surface area contributed by atoms with Crippen LogP contribution in [-0.4, -0.2) is 122 Å². The third kappa shape index (κ3) is 10.5. The van der Waals surface area contributed by atoms with E-state index in [1.807, 2.05) is 17.1 Å². The summed E-state index contributed by atoms with van der Waals surface area (Å²) in [4.78, 5) is 60.8. The van der Waals surface area contributed by atoms with Gasteiger partial charge in [0, 0.05) is 39.5 Å². The molecule has 3 saturated heterocycles. The molecule has 4 aliphatic rings. The highest BCUT2D eigenvalue weighted by Crippen LogP contribution is 2.48. The zero-order valence-corrected chi connectivity index (χ0v) is 30.2. The van der Waals surface area contributed by atoms with Crippen molar-refractivity contribution in [2.24, 2.45) is 17.3 Å². The number of imide groups is 1.